The molecular weight excluding hydrogens is 236 g/mol. The quantitative estimate of drug-likeness (QED) is 0.848. The Kier molecular flexibility index (Phi) is 3.66. The number of nitrogens with zero attached hydrogens (tertiary/aromatic N) is 2. The highest BCUT2D eigenvalue weighted by Gasteiger charge is 2.06. The van der Waals surface area contributed by atoms with Crippen molar-refractivity contribution in [1.29, 1.82) is 0 Å². The highest BCUT2D eigenvalue weighted by molar-refractivity contribution is 7.09. The predicted octanol–water partition coefficient (Wildman–Crippen LogP) is 1.09. The van der Waals surface area contributed by atoms with E-state index in [2.05, 4.69) is 15.3 Å². The maximum atomic E-state index is 11.7. The van der Waals surface area contributed by atoms with E-state index in [4.69, 9.17) is 5.73 Å². The topological polar surface area (TPSA) is 80.9 Å². The number of pyridine rings is 1. The molecule has 3 N–H and O–H groups in total. The van der Waals surface area contributed by atoms with Gasteiger partial charge in [0, 0.05) is 24.5 Å². The summed E-state index contributed by atoms with van der Waals surface area (Å²) in [4.78, 5) is 19.8. The van der Waals surface area contributed by atoms with Crippen molar-refractivity contribution in [2.75, 3.05) is 12.3 Å². The molecule has 0 saturated heterocycles. The minimum atomic E-state index is -0.214. The summed E-state index contributed by atoms with van der Waals surface area (Å²) in [5.41, 5.74) is 5.84. The molecule has 0 aliphatic carbocycles. The summed E-state index contributed by atoms with van der Waals surface area (Å²) < 4.78 is 0. The molecule has 0 aliphatic heterocycles. The zero-order valence-electron chi connectivity index (χ0n) is 9.09. The summed E-state index contributed by atoms with van der Waals surface area (Å²) in [7, 11) is 0. The van der Waals surface area contributed by atoms with Crippen molar-refractivity contribution in [1.82, 2.24) is 15.3 Å². The minimum absolute atomic E-state index is 0.214. The normalized spacial score (nSPS) is 10.1. The van der Waals surface area contributed by atoms with E-state index >= 15 is 0 Å². The number of nitrogen functional groups attached to an aromatic ring is 1. The Morgan fingerprint density at radius 1 is 1.47 bits per heavy atom. The lowest BCUT2D eigenvalue weighted by Gasteiger charge is -2.03. The number of anilines is 1. The van der Waals surface area contributed by atoms with Gasteiger partial charge < -0.3 is 11.1 Å². The second-order valence-corrected chi connectivity index (χ2v) is 4.36. The molecule has 2 rings (SSSR count). The van der Waals surface area contributed by atoms with Crippen molar-refractivity contribution in [3.8, 4) is 0 Å². The van der Waals surface area contributed by atoms with Crippen LogP contribution in [0, 0.1) is 0 Å². The van der Waals surface area contributed by atoms with Gasteiger partial charge in [-0.15, -0.1) is 11.3 Å². The lowest BCUT2D eigenvalue weighted by molar-refractivity contribution is 0.0949. The first-order chi connectivity index (χ1) is 8.25. The Hall–Kier alpha value is -1.95. The van der Waals surface area contributed by atoms with Crippen LogP contribution in [0.2, 0.25) is 0 Å². The SMILES string of the molecule is Nc1cccc(C(=O)NCCc2nccs2)n1. The number of aromatic nitrogens is 2. The second kappa shape index (κ2) is 5.40. The van der Waals surface area contributed by atoms with E-state index in [9.17, 15) is 4.79 Å². The Balaban J connectivity index is 1.85. The molecule has 0 unspecified atom stereocenters. The molecule has 5 nitrogen and oxygen atoms in total. The Morgan fingerprint density at radius 2 is 2.35 bits per heavy atom. The molecule has 2 aromatic heterocycles. The van der Waals surface area contributed by atoms with Crippen LogP contribution < -0.4 is 11.1 Å². The average molecular weight is 248 g/mol. The second-order valence-electron chi connectivity index (χ2n) is 3.38. The molecule has 0 aliphatic rings. The van der Waals surface area contributed by atoms with E-state index in [0.29, 0.717) is 18.1 Å². The number of amides is 1. The largest absolute Gasteiger partial charge is 0.384 e. The molecule has 17 heavy (non-hydrogen) atoms. The van der Waals surface area contributed by atoms with Gasteiger partial charge in [0.1, 0.15) is 11.5 Å². The van der Waals surface area contributed by atoms with Crippen molar-refractivity contribution < 1.29 is 4.79 Å². The third kappa shape index (κ3) is 3.25. The van der Waals surface area contributed by atoms with Gasteiger partial charge in [-0.25, -0.2) is 9.97 Å². The van der Waals surface area contributed by atoms with Crippen molar-refractivity contribution >= 4 is 23.1 Å². The number of carbonyl (C=O) groups excluding carboxylic acids is 1. The summed E-state index contributed by atoms with van der Waals surface area (Å²) in [6, 6.07) is 4.99. The molecule has 1 amide bonds. The summed E-state index contributed by atoms with van der Waals surface area (Å²) in [6.07, 6.45) is 2.48. The third-order valence-corrected chi connectivity index (χ3v) is 2.95. The lowest BCUT2D eigenvalue weighted by atomic mass is 10.3. The van der Waals surface area contributed by atoms with Gasteiger partial charge in [0.25, 0.3) is 5.91 Å². The fourth-order valence-electron chi connectivity index (χ4n) is 1.33. The van der Waals surface area contributed by atoms with Crippen LogP contribution in [0.3, 0.4) is 0 Å². The van der Waals surface area contributed by atoms with Crippen molar-refractivity contribution in [3.63, 3.8) is 0 Å². The van der Waals surface area contributed by atoms with Gasteiger partial charge in [-0.2, -0.15) is 0 Å². The number of rotatable bonds is 4. The molecule has 0 aromatic carbocycles. The number of carbonyl (C=O) groups is 1. The zero-order chi connectivity index (χ0) is 12.1. The predicted molar refractivity (Wildman–Crippen MR) is 66.8 cm³/mol. The maximum Gasteiger partial charge on any atom is 0.269 e. The van der Waals surface area contributed by atoms with Gasteiger partial charge in [0.2, 0.25) is 0 Å². The first kappa shape index (κ1) is 11.5. The van der Waals surface area contributed by atoms with E-state index in [-0.39, 0.29) is 5.91 Å². The molecule has 0 bridgehead atoms. The summed E-state index contributed by atoms with van der Waals surface area (Å²) in [5.74, 6) is 0.131. The monoisotopic (exact) mass is 248 g/mol. The van der Waals surface area contributed by atoms with Crippen LogP contribution >= 0.6 is 11.3 Å². The number of hydrogen-bond donors (Lipinski definition) is 2. The molecule has 2 aromatic rings. The van der Waals surface area contributed by atoms with E-state index in [1.165, 1.54) is 0 Å². The van der Waals surface area contributed by atoms with Gasteiger partial charge in [-0.05, 0) is 12.1 Å². The van der Waals surface area contributed by atoms with Gasteiger partial charge in [-0.3, -0.25) is 4.79 Å². The molecule has 0 atom stereocenters. The number of hydrogen-bond acceptors (Lipinski definition) is 5. The van der Waals surface area contributed by atoms with Gasteiger partial charge in [0.15, 0.2) is 0 Å². The van der Waals surface area contributed by atoms with E-state index in [1.54, 1.807) is 35.7 Å². The molecule has 0 spiro atoms. The minimum Gasteiger partial charge on any atom is -0.384 e. The summed E-state index contributed by atoms with van der Waals surface area (Å²) in [6.45, 7) is 0.544. The van der Waals surface area contributed by atoms with Crippen LogP contribution in [0.5, 0.6) is 0 Å². The number of thiazole rings is 1. The summed E-state index contributed by atoms with van der Waals surface area (Å²) in [5, 5.41) is 5.69. The third-order valence-electron chi connectivity index (χ3n) is 2.11. The van der Waals surface area contributed by atoms with Crippen molar-refractivity contribution in [2.45, 2.75) is 6.42 Å². The van der Waals surface area contributed by atoms with Gasteiger partial charge >= 0.3 is 0 Å². The first-order valence-corrected chi connectivity index (χ1v) is 6.03. The maximum absolute atomic E-state index is 11.7. The fourth-order valence-corrected chi connectivity index (χ4v) is 1.95. The van der Waals surface area contributed by atoms with Crippen molar-refractivity contribution in [3.05, 3.63) is 40.5 Å². The highest BCUT2D eigenvalue weighted by atomic mass is 32.1. The van der Waals surface area contributed by atoms with E-state index in [0.717, 1.165) is 11.4 Å². The van der Waals surface area contributed by atoms with Gasteiger partial charge in [0.05, 0.1) is 5.01 Å². The molecular formula is C11H12N4OS. The smallest absolute Gasteiger partial charge is 0.269 e. The van der Waals surface area contributed by atoms with Gasteiger partial charge in [-0.1, -0.05) is 6.07 Å². The summed E-state index contributed by atoms with van der Waals surface area (Å²) >= 11 is 1.57. The van der Waals surface area contributed by atoms with Crippen LogP contribution in [0.4, 0.5) is 5.82 Å². The van der Waals surface area contributed by atoms with Crippen molar-refractivity contribution in [2.24, 2.45) is 0 Å². The van der Waals surface area contributed by atoms with Crippen LogP contribution in [0.15, 0.2) is 29.8 Å². The first-order valence-electron chi connectivity index (χ1n) is 5.15. The van der Waals surface area contributed by atoms with E-state index < -0.39 is 0 Å². The fraction of sp³-hybridized carbons (Fsp3) is 0.182. The molecule has 0 radical (unpaired) electrons. The molecule has 0 fully saturated rings. The molecule has 0 saturated carbocycles. The Labute approximate surface area is 103 Å². The van der Waals surface area contributed by atoms with Crippen LogP contribution in [0.1, 0.15) is 15.5 Å². The number of nitrogens with one attached hydrogen (secondary N) is 1. The average Bonchev–Trinajstić information content (AvgIpc) is 2.82. The molecule has 6 heteroatoms. The highest BCUT2D eigenvalue weighted by Crippen LogP contribution is 2.04. The lowest BCUT2D eigenvalue weighted by Crippen LogP contribution is -2.26. The Bertz CT molecular complexity index is 498. The van der Waals surface area contributed by atoms with E-state index in [1.807, 2.05) is 5.38 Å². The Morgan fingerprint density at radius 3 is 3.06 bits per heavy atom. The number of nitrogens with two attached hydrogens (primary N) is 1. The standard InChI is InChI=1S/C11H12N4OS/c12-9-3-1-2-8(15-9)11(16)14-5-4-10-13-6-7-17-10/h1-3,6-7H,4-5H2,(H2,12,15)(H,14,16). The van der Waals surface area contributed by atoms with Crippen LogP contribution in [-0.2, 0) is 6.42 Å². The molecule has 2 heterocycles. The van der Waals surface area contributed by atoms with Crippen LogP contribution in [-0.4, -0.2) is 22.4 Å². The van der Waals surface area contributed by atoms with Crippen LogP contribution in [0.25, 0.3) is 0 Å². The zero-order valence-corrected chi connectivity index (χ0v) is 9.91. The molecule has 88 valence electrons.